The van der Waals surface area contributed by atoms with E-state index in [1.807, 2.05) is 0 Å². The maximum atomic E-state index is 9.18. The summed E-state index contributed by atoms with van der Waals surface area (Å²) >= 11 is 0. The Labute approximate surface area is 144 Å². The van der Waals surface area contributed by atoms with Crippen molar-refractivity contribution < 1.29 is 9.53 Å². The normalized spacial score (nSPS) is 18.0. The lowest BCUT2D eigenvalue weighted by Gasteiger charge is -2.22. The summed E-state index contributed by atoms with van der Waals surface area (Å²) in [6, 6.07) is 8.98. The average molecular weight is 328 g/mol. The Balaban J connectivity index is 0.000000300. The van der Waals surface area contributed by atoms with Gasteiger partial charge in [-0.2, -0.15) is 0 Å². The van der Waals surface area contributed by atoms with Crippen molar-refractivity contribution in [2.45, 2.75) is 45.1 Å². The van der Waals surface area contributed by atoms with Crippen LogP contribution in [0.1, 0.15) is 44.1 Å². The molecule has 1 aromatic carbocycles. The zero-order valence-corrected chi connectivity index (χ0v) is 14.5. The van der Waals surface area contributed by atoms with Gasteiger partial charge in [0.25, 0.3) is 6.47 Å². The molecule has 0 spiro atoms. The number of nitrogens with zero attached hydrogens (tertiary/aromatic N) is 1. The summed E-state index contributed by atoms with van der Waals surface area (Å²) in [4.78, 5) is 9.18. The Bertz CT molecular complexity index is 655. The molecule has 1 aliphatic carbocycles. The summed E-state index contributed by atoms with van der Waals surface area (Å²) in [6.45, 7) is 6.24. The van der Waals surface area contributed by atoms with Crippen LogP contribution >= 0.6 is 0 Å². The van der Waals surface area contributed by atoms with Gasteiger partial charge in [-0.25, -0.2) is 0 Å². The second-order valence-electron chi connectivity index (χ2n) is 6.77. The number of hydrogen-bond acceptors (Lipinski definition) is 3. The van der Waals surface area contributed by atoms with Crippen LogP contribution in [0.5, 0.6) is 0 Å². The van der Waals surface area contributed by atoms with Crippen molar-refractivity contribution in [2.24, 2.45) is 5.92 Å². The van der Waals surface area contributed by atoms with E-state index in [1.165, 1.54) is 56.2 Å². The minimum Gasteiger partial charge on any atom is -0.468 e. The van der Waals surface area contributed by atoms with E-state index in [9.17, 15) is 4.79 Å². The number of piperidine rings is 1. The molecule has 1 saturated heterocycles. The lowest BCUT2D eigenvalue weighted by molar-refractivity contribution is -0.128. The fraction of sp³-hybridized carbons (Fsp3) is 0.550. The zero-order chi connectivity index (χ0) is 16.8. The molecule has 24 heavy (non-hydrogen) atoms. The first-order chi connectivity index (χ1) is 11.8. The molecule has 4 rings (SSSR count). The molecule has 0 amide bonds. The van der Waals surface area contributed by atoms with Crippen molar-refractivity contribution in [1.29, 1.82) is 0 Å². The van der Waals surface area contributed by atoms with Crippen LogP contribution in [-0.2, 0) is 16.1 Å². The summed E-state index contributed by atoms with van der Waals surface area (Å²) < 4.78 is 6.67. The quantitative estimate of drug-likeness (QED) is 0.851. The van der Waals surface area contributed by atoms with Crippen LogP contribution in [0, 0.1) is 5.92 Å². The van der Waals surface area contributed by atoms with Crippen LogP contribution in [0.15, 0.2) is 30.5 Å². The van der Waals surface area contributed by atoms with Crippen molar-refractivity contribution in [3.8, 4) is 0 Å². The Morgan fingerprint density at radius 1 is 1.21 bits per heavy atom. The highest BCUT2D eigenvalue weighted by molar-refractivity contribution is 5.84. The molecule has 1 N–H and O–H groups in total. The van der Waals surface area contributed by atoms with Gasteiger partial charge >= 0.3 is 0 Å². The van der Waals surface area contributed by atoms with Crippen LogP contribution in [0.3, 0.4) is 0 Å². The maximum absolute atomic E-state index is 9.18. The van der Waals surface area contributed by atoms with E-state index in [4.69, 9.17) is 0 Å². The average Bonchev–Trinajstić information content (AvgIpc) is 3.37. The molecule has 0 radical (unpaired) electrons. The highest BCUT2D eigenvalue weighted by Gasteiger charge is 2.24. The SMILES string of the molecule is CCOC=O.c1ccc2c(c1)c(C1CCNCC1)cn2CC1CC1. The number of carbonyl (C=O) groups is 1. The number of nitrogens with one attached hydrogen (secondary N) is 1. The maximum Gasteiger partial charge on any atom is 0.293 e. The van der Waals surface area contributed by atoms with Crippen molar-refractivity contribution in [1.82, 2.24) is 9.88 Å². The second kappa shape index (κ2) is 8.34. The van der Waals surface area contributed by atoms with Gasteiger partial charge in [-0.05, 0) is 69.2 Å². The second-order valence-corrected chi connectivity index (χ2v) is 6.77. The lowest BCUT2D eigenvalue weighted by Crippen LogP contribution is -2.26. The molecule has 0 bridgehead atoms. The topological polar surface area (TPSA) is 43.3 Å². The molecule has 0 atom stereocenters. The van der Waals surface area contributed by atoms with Gasteiger partial charge in [0.1, 0.15) is 0 Å². The van der Waals surface area contributed by atoms with Gasteiger partial charge in [-0.3, -0.25) is 4.79 Å². The number of fused-ring (bicyclic) bond motifs is 1. The Hall–Kier alpha value is -1.81. The number of hydrogen-bond donors (Lipinski definition) is 1. The largest absolute Gasteiger partial charge is 0.468 e. The number of carbonyl (C=O) groups excluding carboxylic acids is 1. The monoisotopic (exact) mass is 328 g/mol. The molecule has 4 heteroatoms. The van der Waals surface area contributed by atoms with Gasteiger partial charge in [0, 0.05) is 23.6 Å². The first-order valence-electron chi connectivity index (χ1n) is 9.17. The summed E-state index contributed by atoms with van der Waals surface area (Å²) in [7, 11) is 0. The van der Waals surface area contributed by atoms with Crippen molar-refractivity contribution in [2.75, 3.05) is 19.7 Å². The Morgan fingerprint density at radius 2 is 1.96 bits per heavy atom. The number of aromatic nitrogens is 1. The summed E-state index contributed by atoms with van der Waals surface area (Å²) in [5.74, 6) is 1.70. The number of rotatable bonds is 5. The van der Waals surface area contributed by atoms with Gasteiger partial charge in [0.2, 0.25) is 0 Å². The van der Waals surface area contributed by atoms with Crippen LogP contribution in [-0.4, -0.2) is 30.7 Å². The van der Waals surface area contributed by atoms with E-state index in [1.54, 1.807) is 12.5 Å². The fourth-order valence-corrected chi connectivity index (χ4v) is 3.53. The molecule has 2 heterocycles. The van der Waals surface area contributed by atoms with Crippen LogP contribution < -0.4 is 5.32 Å². The summed E-state index contributed by atoms with van der Waals surface area (Å²) in [6.07, 6.45) is 7.89. The summed E-state index contributed by atoms with van der Waals surface area (Å²) in [5.41, 5.74) is 3.04. The third-order valence-electron chi connectivity index (χ3n) is 4.98. The molecule has 1 aliphatic heterocycles. The minimum absolute atomic E-state index is 0.431. The molecule has 130 valence electrons. The molecule has 4 nitrogen and oxygen atoms in total. The van der Waals surface area contributed by atoms with E-state index in [2.05, 4.69) is 45.1 Å². The third kappa shape index (κ3) is 4.18. The standard InChI is InChI=1S/C17H22N2.C3H6O2/c1-2-4-17-15(3-1)16(14-7-9-18-10-8-14)12-19(17)11-13-5-6-13;1-2-5-3-4/h1-4,12-14,18H,5-11H2;3H,2H2,1H3. The van der Waals surface area contributed by atoms with Gasteiger partial charge in [-0.15, -0.1) is 0 Å². The number of para-hydroxylation sites is 1. The zero-order valence-electron chi connectivity index (χ0n) is 14.5. The first-order valence-corrected chi connectivity index (χ1v) is 9.17. The van der Waals surface area contributed by atoms with Crippen LogP contribution in [0.25, 0.3) is 10.9 Å². The molecule has 2 aromatic rings. The molecule has 0 unspecified atom stereocenters. The van der Waals surface area contributed by atoms with Crippen LogP contribution in [0.2, 0.25) is 0 Å². The van der Waals surface area contributed by atoms with Gasteiger partial charge in [-0.1, -0.05) is 18.2 Å². The molecular weight excluding hydrogens is 300 g/mol. The van der Waals surface area contributed by atoms with E-state index in [0.29, 0.717) is 13.1 Å². The van der Waals surface area contributed by atoms with E-state index in [-0.39, 0.29) is 0 Å². The van der Waals surface area contributed by atoms with Crippen molar-refractivity contribution in [3.63, 3.8) is 0 Å². The lowest BCUT2D eigenvalue weighted by atomic mass is 9.90. The van der Waals surface area contributed by atoms with E-state index >= 15 is 0 Å². The van der Waals surface area contributed by atoms with Gasteiger partial charge in [0.05, 0.1) is 6.61 Å². The number of ether oxygens (including phenoxy) is 1. The molecule has 1 saturated carbocycles. The smallest absolute Gasteiger partial charge is 0.293 e. The highest BCUT2D eigenvalue weighted by atomic mass is 16.5. The Morgan fingerprint density at radius 3 is 2.58 bits per heavy atom. The molecule has 2 aliphatic rings. The minimum atomic E-state index is 0.431. The predicted molar refractivity (Wildman–Crippen MR) is 97.2 cm³/mol. The first kappa shape index (κ1) is 17.0. The fourth-order valence-electron chi connectivity index (χ4n) is 3.53. The summed E-state index contributed by atoms with van der Waals surface area (Å²) in [5, 5.41) is 4.97. The van der Waals surface area contributed by atoms with E-state index < -0.39 is 0 Å². The predicted octanol–water partition coefficient (Wildman–Crippen LogP) is 3.70. The van der Waals surface area contributed by atoms with E-state index in [0.717, 1.165) is 11.8 Å². The third-order valence-corrected chi connectivity index (χ3v) is 4.98. The molecular formula is C20H28N2O2. The molecule has 2 fully saturated rings. The van der Waals surface area contributed by atoms with Gasteiger partial charge < -0.3 is 14.6 Å². The molecule has 1 aromatic heterocycles. The van der Waals surface area contributed by atoms with Crippen molar-refractivity contribution in [3.05, 3.63) is 36.0 Å². The Kier molecular flexibility index (Phi) is 5.91. The highest BCUT2D eigenvalue weighted by Crippen LogP contribution is 2.36. The van der Waals surface area contributed by atoms with Gasteiger partial charge in [0.15, 0.2) is 0 Å². The van der Waals surface area contributed by atoms with Crippen LogP contribution in [0.4, 0.5) is 0 Å². The number of benzene rings is 1. The van der Waals surface area contributed by atoms with Crippen molar-refractivity contribution >= 4 is 17.4 Å².